The van der Waals surface area contributed by atoms with Crippen molar-refractivity contribution in [2.24, 2.45) is 10.9 Å². The predicted molar refractivity (Wildman–Crippen MR) is 113 cm³/mol. The Labute approximate surface area is 168 Å². The van der Waals surface area contributed by atoms with E-state index in [-0.39, 0.29) is 5.82 Å². The van der Waals surface area contributed by atoms with Crippen LogP contribution < -0.4 is 15.5 Å². The van der Waals surface area contributed by atoms with Crippen molar-refractivity contribution in [2.45, 2.75) is 33.7 Å². The average Bonchev–Trinajstić information content (AvgIpc) is 2.69. The molecule has 2 N–H and O–H groups in total. The van der Waals surface area contributed by atoms with Crippen molar-refractivity contribution >= 4 is 11.6 Å². The molecule has 1 aromatic carbocycles. The summed E-state index contributed by atoms with van der Waals surface area (Å²) < 4.78 is 25.4. The number of guanidine groups is 1. The van der Waals surface area contributed by atoms with Crippen LogP contribution in [0.15, 0.2) is 23.2 Å². The minimum Gasteiger partial charge on any atom is -0.381 e. The molecule has 158 valence electrons. The molecule has 0 atom stereocenters. The van der Waals surface area contributed by atoms with Crippen LogP contribution in [0.2, 0.25) is 0 Å². The summed E-state index contributed by atoms with van der Waals surface area (Å²) in [5.74, 6) is 1.10. The van der Waals surface area contributed by atoms with E-state index >= 15 is 0 Å². The van der Waals surface area contributed by atoms with Crippen molar-refractivity contribution in [2.75, 3.05) is 57.5 Å². The second kappa shape index (κ2) is 12.6. The maximum Gasteiger partial charge on any atom is 0.191 e. The Morgan fingerprint density at radius 2 is 2.07 bits per heavy atom. The van der Waals surface area contributed by atoms with E-state index in [0.29, 0.717) is 31.4 Å². The Morgan fingerprint density at radius 1 is 1.29 bits per heavy atom. The highest BCUT2D eigenvalue weighted by atomic mass is 19.1. The third-order valence-corrected chi connectivity index (χ3v) is 4.34. The van der Waals surface area contributed by atoms with Gasteiger partial charge in [0, 0.05) is 39.4 Å². The van der Waals surface area contributed by atoms with Gasteiger partial charge in [0.1, 0.15) is 5.82 Å². The second-order valence-corrected chi connectivity index (χ2v) is 7.33. The third kappa shape index (κ3) is 8.02. The quantitative estimate of drug-likeness (QED) is 0.363. The molecule has 0 aliphatic carbocycles. The molecule has 0 saturated carbocycles. The highest BCUT2D eigenvalue weighted by Gasteiger charge is 2.15. The van der Waals surface area contributed by atoms with Gasteiger partial charge < -0.3 is 25.0 Å². The summed E-state index contributed by atoms with van der Waals surface area (Å²) in [5, 5.41) is 6.52. The van der Waals surface area contributed by atoms with Gasteiger partial charge >= 0.3 is 0 Å². The predicted octanol–water partition coefficient (Wildman–Crippen LogP) is 2.78. The number of nitrogens with one attached hydrogen (secondary N) is 2. The van der Waals surface area contributed by atoms with E-state index in [2.05, 4.69) is 29.5 Å². The van der Waals surface area contributed by atoms with Gasteiger partial charge in [-0.05, 0) is 37.0 Å². The molecule has 28 heavy (non-hydrogen) atoms. The summed E-state index contributed by atoms with van der Waals surface area (Å²) in [6.07, 6.45) is 0.917. The minimum absolute atomic E-state index is 0.199. The highest BCUT2D eigenvalue weighted by molar-refractivity contribution is 5.79. The van der Waals surface area contributed by atoms with E-state index in [0.717, 1.165) is 57.3 Å². The Bertz CT molecular complexity index is 604. The fraction of sp³-hybridized carbons (Fsp3) is 0.667. The number of morpholine rings is 1. The summed E-state index contributed by atoms with van der Waals surface area (Å²) in [7, 11) is 0. The van der Waals surface area contributed by atoms with Gasteiger partial charge in [0.05, 0.1) is 25.4 Å². The monoisotopic (exact) mass is 394 g/mol. The lowest BCUT2D eigenvalue weighted by Crippen LogP contribution is -2.38. The van der Waals surface area contributed by atoms with Crippen LogP contribution in [0.1, 0.15) is 32.8 Å². The van der Waals surface area contributed by atoms with Crippen molar-refractivity contribution in [3.63, 3.8) is 0 Å². The van der Waals surface area contributed by atoms with E-state index < -0.39 is 0 Å². The maximum atomic E-state index is 14.5. The fourth-order valence-electron chi connectivity index (χ4n) is 2.92. The van der Waals surface area contributed by atoms with Crippen LogP contribution >= 0.6 is 0 Å². The molecule has 7 heteroatoms. The number of hydrogen-bond acceptors (Lipinski definition) is 4. The SMILES string of the molecule is CCNC(=NCc1ccc(N2CCOCC2)c(F)c1)NCCCOCC(C)C. The lowest BCUT2D eigenvalue weighted by Gasteiger charge is -2.29. The molecule has 1 saturated heterocycles. The first kappa shape index (κ1) is 22.4. The number of nitrogens with zero attached hydrogens (tertiary/aromatic N) is 2. The first-order chi connectivity index (χ1) is 13.6. The molecule has 1 aliphatic heterocycles. The number of hydrogen-bond donors (Lipinski definition) is 2. The molecule has 1 aromatic rings. The molecule has 2 rings (SSSR count). The fourth-order valence-corrected chi connectivity index (χ4v) is 2.92. The summed E-state index contributed by atoms with van der Waals surface area (Å²) in [6.45, 7) is 12.6. The van der Waals surface area contributed by atoms with Crippen LogP contribution in [0.4, 0.5) is 10.1 Å². The van der Waals surface area contributed by atoms with E-state index in [9.17, 15) is 4.39 Å². The van der Waals surface area contributed by atoms with Crippen LogP contribution in [0.25, 0.3) is 0 Å². The zero-order valence-electron chi connectivity index (χ0n) is 17.5. The Balaban J connectivity index is 1.83. The molecular formula is C21H35FN4O2. The number of anilines is 1. The molecule has 0 amide bonds. The number of halogens is 1. The summed E-state index contributed by atoms with van der Waals surface area (Å²) in [5.41, 5.74) is 1.49. The van der Waals surface area contributed by atoms with Crippen LogP contribution in [0.5, 0.6) is 0 Å². The molecule has 0 unspecified atom stereocenters. The van der Waals surface area contributed by atoms with E-state index in [1.807, 2.05) is 24.0 Å². The van der Waals surface area contributed by atoms with Crippen LogP contribution in [-0.4, -0.2) is 58.6 Å². The van der Waals surface area contributed by atoms with Gasteiger partial charge in [-0.15, -0.1) is 0 Å². The largest absolute Gasteiger partial charge is 0.381 e. The van der Waals surface area contributed by atoms with Gasteiger partial charge in [0.2, 0.25) is 0 Å². The van der Waals surface area contributed by atoms with E-state index in [1.54, 1.807) is 6.07 Å². The molecule has 0 bridgehead atoms. The Hall–Kier alpha value is -1.86. The first-order valence-corrected chi connectivity index (χ1v) is 10.3. The van der Waals surface area contributed by atoms with Gasteiger partial charge in [-0.2, -0.15) is 0 Å². The molecule has 1 heterocycles. The number of rotatable bonds is 10. The highest BCUT2D eigenvalue weighted by Crippen LogP contribution is 2.21. The smallest absolute Gasteiger partial charge is 0.191 e. The van der Waals surface area contributed by atoms with Crippen LogP contribution in [0, 0.1) is 11.7 Å². The standard InChI is InChI=1S/C21H35FN4O2/c1-4-23-21(24-8-5-11-28-16-17(2)3)25-15-18-6-7-20(19(22)14-18)26-9-12-27-13-10-26/h6-7,14,17H,4-5,8-13,15-16H2,1-3H3,(H2,23,24,25). The second-order valence-electron chi connectivity index (χ2n) is 7.33. The molecule has 0 aromatic heterocycles. The van der Waals surface area contributed by atoms with Gasteiger partial charge in [0.25, 0.3) is 0 Å². The van der Waals surface area contributed by atoms with Gasteiger partial charge in [-0.25, -0.2) is 9.38 Å². The topological polar surface area (TPSA) is 58.1 Å². The first-order valence-electron chi connectivity index (χ1n) is 10.3. The zero-order valence-corrected chi connectivity index (χ0v) is 17.5. The van der Waals surface area contributed by atoms with Crippen molar-refractivity contribution < 1.29 is 13.9 Å². The molecule has 6 nitrogen and oxygen atoms in total. The summed E-state index contributed by atoms with van der Waals surface area (Å²) in [4.78, 5) is 6.59. The molecule has 0 radical (unpaired) electrons. The zero-order chi connectivity index (χ0) is 20.2. The van der Waals surface area contributed by atoms with E-state index in [1.165, 1.54) is 0 Å². The summed E-state index contributed by atoms with van der Waals surface area (Å²) in [6, 6.07) is 5.37. The maximum absolute atomic E-state index is 14.5. The third-order valence-electron chi connectivity index (χ3n) is 4.34. The van der Waals surface area contributed by atoms with Crippen molar-refractivity contribution in [3.8, 4) is 0 Å². The lowest BCUT2D eigenvalue weighted by atomic mass is 10.1. The van der Waals surface area contributed by atoms with Crippen molar-refractivity contribution in [3.05, 3.63) is 29.6 Å². The molecule has 0 spiro atoms. The number of aliphatic imine (C=N–C) groups is 1. The number of ether oxygens (including phenoxy) is 2. The van der Waals surface area contributed by atoms with Gasteiger partial charge in [0.15, 0.2) is 5.96 Å². The Morgan fingerprint density at radius 3 is 2.75 bits per heavy atom. The number of benzene rings is 1. The molecular weight excluding hydrogens is 359 g/mol. The van der Waals surface area contributed by atoms with Gasteiger partial charge in [-0.3, -0.25) is 0 Å². The van der Waals surface area contributed by atoms with E-state index in [4.69, 9.17) is 9.47 Å². The molecule has 1 fully saturated rings. The van der Waals surface area contributed by atoms with Crippen molar-refractivity contribution in [1.29, 1.82) is 0 Å². The molecule has 1 aliphatic rings. The Kier molecular flexibility index (Phi) is 10.1. The van der Waals surface area contributed by atoms with Crippen molar-refractivity contribution in [1.82, 2.24) is 10.6 Å². The van der Waals surface area contributed by atoms with Gasteiger partial charge in [-0.1, -0.05) is 19.9 Å². The van der Waals surface area contributed by atoms with Crippen LogP contribution in [0.3, 0.4) is 0 Å². The van der Waals surface area contributed by atoms with Crippen LogP contribution in [-0.2, 0) is 16.0 Å². The minimum atomic E-state index is -0.199. The average molecular weight is 395 g/mol. The lowest BCUT2D eigenvalue weighted by molar-refractivity contribution is 0.108. The summed E-state index contributed by atoms with van der Waals surface area (Å²) >= 11 is 0. The normalized spacial score (nSPS) is 15.2.